The molecule has 1 saturated carbocycles. The lowest BCUT2D eigenvalue weighted by Crippen LogP contribution is -2.22. The third-order valence-electron chi connectivity index (χ3n) is 7.36. The molecule has 1 atom stereocenters. The standard InChI is InChI=1S/C28H23ClFN3O6/c1-14-31-27(33-38-14)26-19(9-17(29)10-20(26)30)15-3-4-18-16(13-37-22(18)7-15)8-24(35)28(5-6-28)12-21(34)23-11-25(36-2)32-39-23/h3-4,7,9-11,16H,5-6,8,12-13H2,1-2H3. The third kappa shape index (κ3) is 4.69. The number of hydrogen-bond donors (Lipinski definition) is 0. The fourth-order valence-electron chi connectivity index (χ4n) is 5.07. The van der Waals surface area contributed by atoms with Crippen molar-refractivity contribution in [3.8, 4) is 34.1 Å². The molecule has 6 rings (SSSR count). The van der Waals surface area contributed by atoms with Crippen LogP contribution in [0.1, 0.15) is 53.6 Å². The summed E-state index contributed by atoms with van der Waals surface area (Å²) in [5.74, 6) is 0.363. The summed E-state index contributed by atoms with van der Waals surface area (Å²) in [7, 11) is 1.43. The maximum absolute atomic E-state index is 15.0. The fourth-order valence-corrected chi connectivity index (χ4v) is 5.27. The van der Waals surface area contributed by atoms with Crippen molar-refractivity contribution < 1.29 is 32.5 Å². The van der Waals surface area contributed by atoms with Crippen molar-refractivity contribution >= 4 is 23.2 Å². The number of Topliss-reactive ketones (excluding diaryl/α,β-unsaturated/α-hetero) is 2. The van der Waals surface area contributed by atoms with Crippen LogP contribution in [0.3, 0.4) is 0 Å². The van der Waals surface area contributed by atoms with Gasteiger partial charge < -0.3 is 18.5 Å². The number of benzene rings is 2. The molecule has 0 amide bonds. The molecule has 9 nitrogen and oxygen atoms in total. The van der Waals surface area contributed by atoms with E-state index in [4.69, 9.17) is 30.1 Å². The molecule has 11 heteroatoms. The molecule has 4 aromatic rings. The first-order valence-corrected chi connectivity index (χ1v) is 12.8. The summed E-state index contributed by atoms with van der Waals surface area (Å²) in [4.78, 5) is 30.2. The highest BCUT2D eigenvalue weighted by molar-refractivity contribution is 6.31. The molecule has 0 bridgehead atoms. The van der Waals surface area contributed by atoms with Crippen LogP contribution in [-0.2, 0) is 4.79 Å². The van der Waals surface area contributed by atoms with Crippen molar-refractivity contribution in [3.63, 3.8) is 0 Å². The maximum Gasteiger partial charge on any atom is 0.254 e. The first-order valence-electron chi connectivity index (χ1n) is 12.4. The number of ketones is 2. The summed E-state index contributed by atoms with van der Waals surface area (Å²) >= 11 is 6.18. The molecule has 2 aromatic carbocycles. The lowest BCUT2D eigenvalue weighted by molar-refractivity contribution is -0.124. The lowest BCUT2D eigenvalue weighted by Gasteiger charge is -2.15. The molecule has 1 fully saturated rings. The van der Waals surface area contributed by atoms with Crippen molar-refractivity contribution in [3.05, 3.63) is 64.5 Å². The van der Waals surface area contributed by atoms with Gasteiger partial charge in [0, 0.05) is 41.7 Å². The van der Waals surface area contributed by atoms with Crippen LogP contribution in [0.15, 0.2) is 45.4 Å². The topological polar surface area (TPSA) is 118 Å². The van der Waals surface area contributed by atoms with Gasteiger partial charge in [0.15, 0.2) is 0 Å². The Morgan fingerprint density at radius 3 is 2.67 bits per heavy atom. The summed E-state index contributed by atoms with van der Waals surface area (Å²) in [5, 5.41) is 7.77. The molecule has 39 heavy (non-hydrogen) atoms. The van der Waals surface area contributed by atoms with Gasteiger partial charge in [0.05, 0.1) is 25.3 Å². The van der Waals surface area contributed by atoms with Gasteiger partial charge in [0.2, 0.25) is 23.3 Å². The smallest absolute Gasteiger partial charge is 0.254 e. The minimum Gasteiger partial charge on any atom is -0.493 e. The van der Waals surface area contributed by atoms with Gasteiger partial charge in [-0.25, -0.2) is 4.39 Å². The number of hydrogen-bond acceptors (Lipinski definition) is 9. The molecule has 1 aliphatic heterocycles. The van der Waals surface area contributed by atoms with Crippen LogP contribution in [0.5, 0.6) is 11.6 Å². The fraction of sp³-hybridized carbons (Fsp3) is 0.321. The third-order valence-corrected chi connectivity index (χ3v) is 7.58. The number of halogens is 2. The van der Waals surface area contributed by atoms with E-state index in [2.05, 4.69) is 15.3 Å². The van der Waals surface area contributed by atoms with E-state index in [0.717, 1.165) is 5.56 Å². The van der Waals surface area contributed by atoms with E-state index in [1.807, 2.05) is 12.1 Å². The van der Waals surface area contributed by atoms with Crippen LogP contribution in [0.25, 0.3) is 22.5 Å². The second kappa shape index (κ2) is 9.60. The van der Waals surface area contributed by atoms with Crippen molar-refractivity contribution in [1.82, 2.24) is 15.3 Å². The summed E-state index contributed by atoms with van der Waals surface area (Å²) in [6, 6.07) is 9.79. The van der Waals surface area contributed by atoms with Crippen LogP contribution >= 0.6 is 11.6 Å². The van der Waals surface area contributed by atoms with Crippen LogP contribution < -0.4 is 9.47 Å². The van der Waals surface area contributed by atoms with Gasteiger partial charge in [-0.05, 0) is 47.3 Å². The molecule has 0 saturated heterocycles. The molecule has 1 aliphatic carbocycles. The average Bonchev–Trinajstić information content (AvgIpc) is 3.24. The van der Waals surface area contributed by atoms with Crippen molar-refractivity contribution in [2.75, 3.05) is 13.7 Å². The number of rotatable bonds is 9. The van der Waals surface area contributed by atoms with E-state index in [1.54, 1.807) is 19.1 Å². The molecule has 2 aliphatic rings. The predicted octanol–water partition coefficient (Wildman–Crippen LogP) is 5.99. The first kappa shape index (κ1) is 25.2. The van der Waals surface area contributed by atoms with Crippen LogP contribution in [0.2, 0.25) is 5.02 Å². The van der Waals surface area contributed by atoms with E-state index in [-0.39, 0.29) is 58.4 Å². The Labute approximate surface area is 227 Å². The number of aryl methyl sites for hydroxylation is 1. The summed E-state index contributed by atoms with van der Waals surface area (Å²) in [5.41, 5.74) is 1.52. The zero-order chi connectivity index (χ0) is 27.3. The van der Waals surface area contributed by atoms with Crippen LogP contribution in [0.4, 0.5) is 4.39 Å². The zero-order valence-corrected chi connectivity index (χ0v) is 21.9. The van der Waals surface area contributed by atoms with Gasteiger partial charge in [-0.3, -0.25) is 9.59 Å². The molecule has 0 spiro atoms. The Morgan fingerprint density at radius 2 is 1.97 bits per heavy atom. The Bertz CT molecular complexity index is 1610. The Hall–Kier alpha value is -4.05. The molecule has 0 radical (unpaired) electrons. The van der Waals surface area contributed by atoms with Crippen molar-refractivity contribution in [2.24, 2.45) is 5.41 Å². The molecule has 200 valence electrons. The average molecular weight is 552 g/mol. The molecule has 1 unspecified atom stereocenters. The van der Waals surface area contributed by atoms with Crippen molar-refractivity contribution in [1.29, 1.82) is 0 Å². The highest BCUT2D eigenvalue weighted by atomic mass is 35.5. The SMILES string of the molecule is COc1cc(C(=O)CC2(C(=O)CC3COc4cc(-c5cc(Cl)cc(F)c5-c5noc(C)n5)ccc43)CC2)on1. The van der Waals surface area contributed by atoms with Gasteiger partial charge in [-0.2, -0.15) is 4.98 Å². The van der Waals surface area contributed by atoms with Gasteiger partial charge in [-0.15, -0.1) is 0 Å². The highest BCUT2D eigenvalue weighted by Gasteiger charge is 2.51. The number of aromatic nitrogens is 3. The number of carbonyl (C=O) groups is 2. The monoisotopic (exact) mass is 551 g/mol. The summed E-state index contributed by atoms with van der Waals surface area (Å²) in [6.07, 6.45) is 1.63. The minimum absolute atomic E-state index is 0.0273. The van der Waals surface area contributed by atoms with E-state index in [0.29, 0.717) is 42.2 Å². The van der Waals surface area contributed by atoms with Gasteiger partial charge in [0.25, 0.3) is 5.88 Å². The zero-order valence-electron chi connectivity index (χ0n) is 21.1. The molecule has 3 heterocycles. The summed E-state index contributed by atoms with van der Waals surface area (Å²) < 4.78 is 36.0. The Balaban J connectivity index is 1.21. The number of fused-ring (bicyclic) bond motifs is 1. The molecular weight excluding hydrogens is 529 g/mol. The Morgan fingerprint density at radius 1 is 1.15 bits per heavy atom. The van der Waals surface area contributed by atoms with Crippen LogP contribution in [0, 0.1) is 18.2 Å². The molecular formula is C28H23ClFN3O6. The quantitative estimate of drug-likeness (QED) is 0.231. The number of methoxy groups -OCH3 is 1. The lowest BCUT2D eigenvalue weighted by atomic mass is 9.85. The number of ether oxygens (including phenoxy) is 2. The van der Waals surface area contributed by atoms with E-state index < -0.39 is 11.2 Å². The number of nitrogens with zero attached hydrogens (tertiary/aromatic N) is 3. The normalized spacial score (nSPS) is 17.0. The molecule has 0 N–H and O–H groups in total. The van der Waals surface area contributed by atoms with E-state index in [9.17, 15) is 14.0 Å². The minimum atomic E-state index is -0.685. The summed E-state index contributed by atoms with van der Waals surface area (Å²) in [6.45, 7) is 1.95. The Kier molecular flexibility index (Phi) is 6.22. The maximum atomic E-state index is 15.0. The molecule has 2 aromatic heterocycles. The highest BCUT2D eigenvalue weighted by Crippen LogP contribution is 2.53. The second-order valence-electron chi connectivity index (χ2n) is 9.95. The predicted molar refractivity (Wildman–Crippen MR) is 136 cm³/mol. The van der Waals surface area contributed by atoms with Crippen molar-refractivity contribution in [2.45, 2.75) is 38.5 Å². The van der Waals surface area contributed by atoms with Gasteiger partial charge >= 0.3 is 0 Å². The second-order valence-corrected chi connectivity index (χ2v) is 10.4. The number of carbonyl (C=O) groups excluding carboxylic acids is 2. The van der Waals surface area contributed by atoms with Gasteiger partial charge in [-0.1, -0.05) is 28.9 Å². The largest absolute Gasteiger partial charge is 0.493 e. The first-order chi connectivity index (χ1) is 18.8. The van der Waals surface area contributed by atoms with E-state index >= 15 is 0 Å². The van der Waals surface area contributed by atoms with E-state index in [1.165, 1.54) is 19.2 Å². The van der Waals surface area contributed by atoms with Gasteiger partial charge in [0.1, 0.15) is 17.3 Å². The van der Waals surface area contributed by atoms with Crippen LogP contribution in [-0.4, -0.2) is 40.6 Å².